The van der Waals surface area contributed by atoms with E-state index in [1.54, 1.807) is 11.3 Å². The van der Waals surface area contributed by atoms with Crippen molar-refractivity contribution in [3.63, 3.8) is 0 Å². The summed E-state index contributed by atoms with van der Waals surface area (Å²) >= 11 is 1.58. The molecule has 0 unspecified atom stereocenters. The molecule has 2 aromatic heterocycles. The van der Waals surface area contributed by atoms with Gasteiger partial charge in [-0.25, -0.2) is 23.4 Å². The van der Waals surface area contributed by atoms with Crippen LogP contribution in [0.5, 0.6) is 0 Å². The number of aromatic nitrogens is 3. The van der Waals surface area contributed by atoms with Gasteiger partial charge in [-0.15, -0.1) is 11.3 Å². The first-order valence-corrected chi connectivity index (χ1v) is 10.3. The van der Waals surface area contributed by atoms with E-state index in [9.17, 15) is 8.42 Å². The second kappa shape index (κ2) is 6.26. The molecule has 0 N–H and O–H groups in total. The first kappa shape index (κ1) is 16.5. The minimum atomic E-state index is -3.27. The van der Waals surface area contributed by atoms with E-state index in [4.69, 9.17) is 0 Å². The molecule has 23 heavy (non-hydrogen) atoms. The Morgan fingerprint density at radius 2 is 2.04 bits per heavy atom. The van der Waals surface area contributed by atoms with Gasteiger partial charge in [0.1, 0.15) is 16.5 Å². The molecule has 1 fully saturated rings. The highest BCUT2D eigenvalue weighted by Crippen LogP contribution is 2.32. The number of hydrogen-bond donors (Lipinski definition) is 0. The molecule has 1 atom stereocenters. The molecule has 0 amide bonds. The molecule has 1 aliphatic rings. The maximum atomic E-state index is 12.1. The topological polar surface area (TPSA) is 76.1 Å². The Balaban J connectivity index is 2.03. The second-order valence-electron chi connectivity index (χ2n) is 5.91. The van der Waals surface area contributed by atoms with Crippen molar-refractivity contribution in [3.05, 3.63) is 28.7 Å². The lowest BCUT2D eigenvalue weighted by molar-refractivity contribution is 0.248. The third-order valence-electron chi connectivity index (χ3n) is 3.89. The van der Waals surface area contributed by atoms with E-state index in [0.29, 0.717) is 12.4 Å². The fourth-order valence-electron chi connectivity index (χ4n) is 2.88. The number of aryl methyl sites for hydroxylation is 2. The highest BCUT2D eigenvalue weighted by molar-refractivity contribution is 7.88. The van der Waals surface area contributed by atoms with Crippen LogP contribution in [-0.4, -0.2) is 40.5 Å². The van der Waals surface area contributed by atoms with Gasteiger partial charge in [0, 0.05) is 23.3 Å². The Hall–Kier alpha value is -1.38. The lowest BCUT2D eigenvalue weighted by Gasteiger charge is -2.32. The molecule has 6 nitrogen and oxygen atoms in total. The van der Waals surface area contributed by atoms with E-state index in [-0.39, 0.29) is 6.04 Å². The summed E-state index contributed by atoms with van der Waals surface area (Å²) in [6, 6.07) is 1.62. The third kappa shape index (κ3) is 3.59. The standard InChI is InChI=1S/C15H20N4O2S2/c1-10-8-12(15-16-9-11(2)22-15)18-14(17-10)13-6-4-5-7-19(13)23(3,20)21/h8-9,13H,4-7H2,1-3H3/t13-/m0/s1. The molecule has 124 valence electrons. The number of piperidine rings is 1. The van der Waals surface area contributed by atoms with Crippen molar-refractivity contribution in [3.8, 4) is 10.7 Å². The van der Waals surface area contributed by atoms with E-state index >= 15 is 0 Å². The van der Waals surface area contributed by atoms with Crippen molar-refractivity contribution in [2.75, 3.05) is 12.8 Å². The Morgan fingerprint density at radius 1 is 1.26 bits per heavy atom. The first-order valence-electron chi connectivity index (χ1n) is 7.60. The lowest BCUT2D eigenvalue weighted by Crippen LogP contribution is -2.38. The van der Waals surface area contributed by atoms with Gasteiger partial charge >= 0.3 is 0 Å². The van der Waals surface area contributed by atoms with Crippen LogP contribution in [-0.2, 0) is 10.0 Å². The predicted octanol–water partition coefficient (Wildman–Crippen LogP) is 2.70. The van der Waals surface area contributed by atoms with Crippen LogP contribution in [0.4, 0.5) is 0 Å². The van der Waals surface area contributed by atoms with Crippen molar-refractivity contribution < 1.29 is 8.42 Å². The molecule has 0 aliphatic carbocycles. The molecule has 2 aromatic rings. The molecule has 8 heteroatoms. The molecular weight excluding hydrogens is 332 g/mol. The summed E-state index contributed by atoms with van der Waals surface area (Å²) in [5.74, 6) is 0.581. The van der Waals surface area contributed by atoms with Gasteiger partial charge in [-0.2, -0.15) is 4.31 Å². The van der Waals surface area contributed by atoms with E-state index < -0.39 is 10.0 Å². The number of thiazole rings is 1. The number of nitrogens with zero attached hydrogens (tertiary/aromatic N) is 4. The van der Waals surface area contributed by atoms with Gasteiger partial charge in [-0.1, -0.05) is 6.42 Å². The van der Waals surface area contributed by atoms with Crippen LogP contribution in [0.3, 0.4) is 0 Å². The molecule has 3 heterocycles. The highest BCUT2D eigenvalue weighted by Gasteiger charge is 2.32. The largest absolute Gasteiger partial charge is 0.243 e. The molecule has 1 saturated heterocycles. The van der Waals surface area contributed by atoms with Crippen LogP contribution in [0.15, 0.2) is 12.3 Å². The average Bonchev–Trinajstić information content (AvgIpc) is 2.92. The fraction of sp³-hybridized carbons (Fsp3) is 0.533. The monoisotopic (exact) mass is 352 g/mol. The number of hydrogen-bond acceptors (Lipinski definition) is 6. The van der Waals surface area contributed by atoms with E-state index in [2.05, 4.69) is 15.0 Å². The molecule has 0 radical (unpaired) electrons. The molecule has 0 aromatic carbocycles. The summed E-state index contributed by atoms with van der Waals surface area (Å²) in [5.41, 5.74) is 1.60. The fourth-order valence-corrected chi connectivity index (χ4v) is 4.73. The lowest BCUT2D eigenvalue weighted by atomic mass is 10.0. The van der Waals surface area contributed by atoms with Crippen LogP contribution < -0.4 is 0 Å². The Bertz CT molecular complexity index is 817. The maximum Gasteiger partial charge on any atom is 0.211 e. The average molecular weight is 352 g/mol. The van der Waals surface area contributed by atoms with Crippen molar-refractivity contribution in [2.45, 2.75) is 39.2 Å². The summed E-state index contributed by atoms with van der Waals surface area (Å²) in [4.78, 5) is 14.6. The van der Waals surface area contributed by atoms with Gasteiger partial charge in [0.2, 0.25) is 10.0 Å². The SMILES string of the molecule is Cc1cc(-c2ncc(C)s2)nc([C@@H]2CCCCN2S(C)(=O)=O)n1. The summed E-state index contributed by atoms with van der Waals surface area (Å²) in [7, 11) is -3.27. The molecule has 3 rings (SSSR count). The quantitative estimate of drug-likeness (QED) is 0.849. The Kier molecular flexibility index (Phi) is 4.48. The van der Waals surface area contributed by atoms with E-state index in [0.717, 1.165) is 40.5 Å². The Labute approximate surface area is 140 Å². The molecule has 1 aliphatic heterocycles. The maximum absolute atomic E-state index is 12.1. The zero-order valence-electron chi connectivity index (χ0n) is 13.5. The van der Waals surface area contributed by atoms with Crippen LogP contribution in [0.2, 0.25) is 0 Å². The summed E-state index contributed by atoms with van der Waals surface area (Å²) in [6.07, 6.45) is 5.70. The van der Waals surface area contributed by atoms with Gasteiger partial charge in [-0.3, -0.25) is 0 Å². The highest BCUT2D eigenvalue weighted by atomic mass is 32.2. The zero-order valence-corrected chi connectivity index (χ0v) is 15.1. The minimum absolute atomic E-state index is 0.279. The minimum Gasteiger partial charge on any atom is -0.243 e. The van der Waals surface area contributed by atoms with Gasteiger partial charge < -0.3 is 0 Å². The summed E-state index contributed by atoms with van der Waals surface area (Å²) in [6.45, 7) is 4.44. The number of sulfonamides is 1. The van der Waals surface area contributed by atoms with Crippen molar-refractivity contribution >= 4 is 21.4 Å². The molecular formula is C15H20N4O2S2. The first-order chi connectivity index (χ1) is 10.8. The smallest absolute Gasteiger partial charge is 0.211 e. The van der Waals surface area contributed by atoms with Gasteiger partial charge in [-0.05, 0) is 32.8 Å². The van der Waals surface area contributed by atoms with Gasteiger partial charge in [0.05, 0.1) is 12.3 Å². The van der Waals surface area contributed by atoms with E-state index in [1.165, 1.54) is 10.6 Å². The number of rotatable bonds is 3. The Morgan fingerprint density at radius 3 is 2.70 bits per heavy atom. The van der Waals surface area contributed by atoms with Crippen molar-refractivity contribution in [1.82, 2.24) is 19.3 Å². The van der Waals surface area contributed by atoms with Crippen LogP contribution in [0.25, 0.3) is 10.7 Å². The third-order valence-corrected chi connectivity index (χ3v) is 6.11. The van der Waals surface area contributed by atoms with Crippen LogP contribution in [0, 0.1) is 13.8 Å². The molecule has 0 spiro atoms. The normalized spacial score (nSPS) is 19.9. The second-order valence-corrected chi connectivity index (χ2v) is 9.08. The molecule has 0 bridgehead atoms. The summed E-state index contributed by atoms with van der Waals surface area (Å²) in [5, 5.41) is 0.843. The van der Waals surface area contributed by atoms with Crippen molar-refractivity contribution in [1.29, 1.82) is 0 Å². The van der Waals surface area contributed by atoms with E-state index in [1.807, 2.05) is 26.1 Å². The van der Waals surface area contributed by atoms with Gasteiger partial charge in [0.25, 0.3) is 0 Å². The van der Waals surface area contributed by atoms with Crippen LogP contribution >= 0.6 is 11.3 Å². The predicted molar refractivity (Wildman–Crippen MR) is 90.8 cm³/mol. The van der Waals surface area contributed by atoms with Crippen LogP contribution in [0.1, 0.15) is 41.7 Å². The van der Waals surface area contributed by atoms with Crippen molar-refractivity contribution in [2.24, 2.45) is 0 Å². The van der Waals surface area contributed by atoms with Gasteiger partial charge in [0.15, 0.2) is 0 Å². The molecule has 0 saturated carbocycles. The summed E-state index contributed by atoms with van der Waals surface area (Å²) < 4.78 is 25.7. The zero-order chi connectivity index (χ0) is 16.6.